The minimum atomic E-state index is 0. The predicted molar refractivity (Wildman–Crippen MR) is 70.6 cm³/mol. The second-order valence-corrected chi connectivity index (χ2v) is 3.59. The first-order valence-electron chi connectivity index (χ1n) is 4.86. The molecule has 22 heavy (non-hydrogen) atoms. The van der Waals surface area contributed by atoms with Crippen LogP contribution >= 0.6 is 23.2 Å². The fourth-order valence-corrected chi connectivity index (χ4v) is 1.32. The molecular weight excluding hydrogens is 357 g/mol. The van der Waals surface area contributed by atoms with E-state index >= 15 is 0 Å². The Morgan fingerprint density at radius 2 is 1.45 bits per heavy atom. The summed E-state index contributed by atoms with van der Waals surface area (Å²) in [6, 6.07) is 6.44. The maximum absolute atomic E-state index is 10.00. The van der Waals surface area contributed by atoms with E-state index in [2.05, 4.69) is 0 Å². The molecule has 0 amide bonds. The number of carbonyl (C=O) groups excluding carboxylic acids is 2. The van der Waals surface area contributed by atoms with Gasteiger partial charge in [0.1, 0.15) is 5.76 Å². The van der Waals surface area contributed by atoms with Crippen LogP contribution in [0.15, 0.2) is 33.1 Å². The number of hydrogen-bond donors (Lipinski definition) is 0. The van der Waals surface area contributed by atoms with Crippen LogP contribution in [0.1, 0.15) is 27.8 Å². The summed E-state index contributed by atoms with van der Waals surface area (Å²) in [7, 11) is 0. The molecule has 0 bridgehead atoms. The van der Waals surface area contributed by atoms with E-state index in [1.807, 2.05) is 0 Å². The zero-order chi connectivity index (χ0) is 13.4. The standard InChI is InChI=1S/C6H5ClO2.C6H4ClO2.2Na.2H2O/c2*7-3-5-1-2-6(4-8)9-5;;;;/h1-2,4H,3H2;1-2H,3H2;;;2*1H2/q;-1;2*+1;;/p-2. The van der Waals surface area contributed by atoms with Crippen molar-refractivity contribution in [2.24, 2.45) is 0 Å². The van der Waals surface area contributed by atoms with E-state index in [0.717, 1.165) is 0 Å². The minimum absolute atomic E-state index is 0. The van der Waals surface area contributed by atoms with Crippen molar-refractivity contribution in [3.8, 4) is 0 Å². The van der Waals surface area contributed by atoms with E-state index in [9.17, 15) is 9.59 Å². The van der Waals surface area contributed by atoms with Gasteiger partial charge in [0.15, 0.2) is 12.0 Å². The van der Waals surface area contributed by atoms with Crippen LogP contribution in [0.5, 0.6) is 0 Å². The Hall–Kier alpha value is 0.400. The number of aldehydes is 1. The third-order valence-corrected chi connectivity index (χ3v) is 2.35. The van der Waals surface area contributed by atoms with E-state index < -0.39 is 0 Å². The van der Waals surface area contributed by atoms with Crippen molar-refractivity contribution in [3.05, 3.63) is 47.3 Å². The summed E-state index contributed by atoms with van der Waals surface area (Å²) in [5.41, 5.74) is 0. The van der Waals surface area contributed by atoms with Crippen molar-refractivity contribution >= 4 is 35.8 Å². The first kappa shape index (κ1) is 30.3. The van der Waals surface area contributed by atoms with Gasteiger partial charge in [0.2, 0.25) is 0 Å². The van der Waals surface area contributed by atoms with Gasteiger partial charge in [-0.25, -0.2) is 0 Å². The molecule has 0 saturated heterocycles. The van der Waals surface area contributed by atoms with Crippen LogP contribution in [0.25, 0.3) is 0 Å². The molecule has 2 N–H and O–H groups in total. The van der Waals surface area contributed by atoms with Gasteiger partial charge >= 0.3 is 59.1 Å². The zero-order valence-electron chi connectivity index (χ0n) is 12.1. The number of rotatable bonds is 4. The van der Waals surface area contributed by atoms with Crippen molar-refractivity contribution in [2.45, 2.75) is 11.8 Å². The maximum Gasteiger partial charge on any atom is 1.00 e. The molecule has 6 nitrogen and oxygen atoms in total. The van der Waals surface area contributed by atoms with Crippen LogP contribution in [0.3, 0.4) is 0 Å². The molecule has 0 radical (unpaired) electrons. The molecule has 112 valence electrons. The van der Waals surface area contributed by atoms with Gasteiger partial charge in [-0.3, -0.25) is 4.79 Å². The van der Waals surface area contributed by atoms with Crippen molar-refractivity contribution in [1.29, 1.82) is 0 Å². The van der Waals surface area contributed by atoms with E-state index in [1.165, 1.54) is 6.07 Å². The van der Waals surface area contributed by atoms with Gasteiger partial charge in [-0.1, -0.05) is 0 Å². The summed E-state index contributed by atoms with van der Waals surface area (Å²) in [5.74, 6) is 2.35. The normalized spacial score (nSPS) is 7.73. The smallest absolute Gasteiger partial charge is 0.870 e. The van der Waals surface area contributed by atoms with Crippen LogP contribution < -0.4 is 59.1 Å². The first-order valence-corrected chi connectivity index (χ1v) is 5.93. The van der Waals surface area contributed by atoms with Crippen molar-refractivity contribution in [1.82, 2.24) is 0 Å². The fourth-order valence-electron chi connectivity index (χ4n) is 1.03. The van der Waals surface area contributed by atoms with E-state index in [1.54, 1.807) is 24.5 Å². The molecule has 0 spiro atoms. The first-order chi connectivity index (χ1) is 8.73. The molecule has 0 unspecified atom stereocenters. The molecule has 0 aliphatic heterocycles. The molecule has 0 atom stereocenters. The van der Waals surface area contributed by atoms with E-state index in [-0.39, 0.29) is 75.8 Å². The maximum atomic E-state index is 10.00. The topological polar surface area (TPSA) is 120 Å². The summed E-state index contributed by atoms with van der Waals surface area (Å²) in [5, 5.41) is 0. The third-order valence-electron chi connectivity index (χ3n) is 1.82. The quantitative estimate of drug-likeness (QED) is 0.245. The van der Waals surface area contributed by atoms with Gasteiger partial charge in [-0.05, 0) is 17.9 Å². The molecule has 2 aromatic heterocycles. The minimum Gasteiger partial charge on any atom is -0.870 e. The number of hydrogen-bond acceptors (Lipinski definition) is 6. The Morgan fingerprint density at radius 3 is 1.73 bits per heavy atom. The second-order valence-electron chi connectivity index (χ2n) is 3.06. The van der Waals surface area contributed by atoms with Gasteiger partial charge < -0.3 is 24.6 Å². The van der Waals surface area contributed by atoms with E-state index in [0.29, 0.717) is 35.3 Å². The molecule has 2 heterocycles. The summed E-state index contributed by atoms with van der Waals surface area (Å²) < 4.78 is 9.71. The SMILES string of the molecule is O=Cc1ccc(CCl)o1.O=[C-]c1ccc(CCl)o1.[Na+].[Na+].[OH-].[OH-]. The average molecular weight is 368 g/mol. The molecule has 0 aromatic carbocycles. The number of carbonyl (C=O) groups is 1. The number of alkyl halides is 2. The summed E-state index contributed by atoms with van der Waals surface area (Å²) >= 11 is 10.8. The van der Waals surface area contributed by atoms with Crippen molar-refractivity contribution < 1.29 is 88.5 Å². The van der Waals surface area contributed by atoms with Crippen molar-refractivity contribution in [3.63, 3.8) is 0 Å². The van der Waals surface area contributed by atoms with Crippen LogP contribution in [0.4, 0.5) is 0 Å². The molecule has 0 saturated carbocycles. The molecular formula is C12H11Cl2Na2O6-. The van der Waals surface area contributed by atoms with E-state index in [4.69, 9.17) is 32.0 Å². The van der Waals surface area contributed by atoms with Gasteiger partial charge in [0.05, 0.1) is 17.5 Å². The Labute approximate surface area is 181 Å². The molecule has 0 aliphatic rings. The Bertz CT molecular complexity index is 469. The molecule has 2 rings (SSSR count). The number of furan rings is 2. The Balaban J connectivity index is -0.000000125. The Kier molecular flexibility index (Phi) is 24.4. The third kappa shape index (κ3) is 11.0. The molecule has 2 aromatic rings. The Morgan fingerprint density at radius 1 is 0.955 bits per heavy atom. The zero-order valence-corrected chi connectivity index (χ0v) is 17.6. The van der Waals surface area contributed by atoms with Gasteiger partial charge in [0.25, 0.3) is 0 Å². The summed E-state index contributed by atoms with van der Waals surface area (Å²) in [6.07, 6.45) is 2.26. The second kappa shape index (κ2) is 17.7. The average Bonchev–Trinajstić information content (AvgIpc) is 3.07. The van der Waals surface area contributed by atoms with Crippen LogP contribution in [0.2, 0.25) is 0 Å². The monoisotopic (exact) mass is 367 g/mol. The van der Waals surface area contributed by atoms with Gasteiger partial charge in [-0.15, -0.1) is 29.3 Å². The van der Waals surface area contributed by atoms with Gasteiger partial charge in [-0.2, -0.15) is 6.07 Å². The largest absolute Gasteiger partial charge is 1.00 e. The number of halogens is 2. The van der Waals surface area contributed by atoms with Crippen LogP contribution in [-0.2, 0) is 16.6 Å². The fraction of sp³-hybridized carbons (Fsp3) is 0.167. The molecule has 0 fully saturated rings. The predicted octanol–water partition coefficient (Wildman–Crippen LogP) is -3.04. The summed E-state index contributed by atoms with van der Waals surface area (Å²) in [4.78, 5) is 19.9. The molecule has 10 heteroatoms. The molecule has 0 aliphatic carbocycles. The van der Waals surface area contributed by atoms with Crippen LogP contribution in [0, 0.1) is 0 Å². The van der Waals surface area contributed by atoms with Crippen LogP contribution in [-0.4, -0.2) is 23.5 Å². The summed E-state index contributed by atoms with van der Waals surface area (Å²) in [6.45, 7) is 0. The van der Waals surface area contributed by atoms with Gasteiger partial charge in [0, 0.05) is 6.29 Å². The van der Waals surface area contributed by atoms with Crippen molar-refractivity contribution in [2.75, 3.05) is 0 Å².